The number of H-pyrrole nitrogens is 1. The number of nitrogens with zero attached hydrogens (tertiary/aromatic N) is 5. The molecule has 1 saturated heterocycles. The number of hydrogen-bond donors (Lipinski definition) is 1. The number of benzene rings is 1. The van der Waals surface area contributed by atoms with Crippen LogP contribution in [0.2, 0.25) is 0 Å². The van der Waals surface area contributed by atoms with Crippen molar-refractivity contribution in [2.24, 2.45) is 0 Å². The highest BCUT2D eigenvalue weighted by Crippen LogP contribution is 2.36. The number of piperazine rings is 1. The Kier molecular flexibility index (Phi) is 7.30. The van der Waals surface area contributed by atoms with E-state index in [1.807, 2.05) is 13.1 Å². The standard InChI is InChI=1S/C26H34N6O5S/c1-17-11-22(36-4)12-18(2)25(17)38(34,35)32(21-5-6-21)15-24-29-23(16-37-24)26(33)31-9-7-30(8-10-31)14-20-13-27-19(3)28-20/h11-13,16,21H,5-10,14-15H2,1-4H3,(H,27,28). The van der Waals surface area contributed by atoms with Crippen LogP contribution in [-0.2, 0) is 23.1 Å². The number of rotatable bonds is 9. The van der Waals surface area contributed by atoms with Gasteiger partial charge in [-0.3, -0.25) is 9.69 Å². The molecule has 3 heterocycles. The molecule has 0 spiro atoms. The largest absolute Gasteiger partial charge is 0.497 e. The predicted octanol–water partition coefficient (Wildman–Crippen LogP) is 2.64. The second-order valence-corrected chi connectivity index (χ2v) is 11.9. The molecule has 2 fully saturated rings. The zero-order valence-corrected chi connectivity index (χ0v) is 23.0. The van der Waals surface area contributed by atoms with Gasteiger partial charge in [0.2, 0.25) is 15.9 Å². The first-order valence-electron chi connectivity index (χ1n) is 12.8. The second kappa shape index (κ2) is 10.5. The Labute approximate surface area is 222 Å². The number of carbonyl (C=O) groups excluding carboxylic acids is 1. The molecule has 0 radical (unpaired) electrons. The minimum atomic E-state index is -3.81. The van der Waals surface area contributed by atoms with Gasteiger partial charge in [-0.05, 0) is 56.9 Å². The van der Waals surface area contributed by atoms with Crippen LogP contribution in [0.4, 0.5) is 0 Å². The van der Waals surface area contributed by atoms with Crippen molar-refractivity contribution >= 4 is 15.9 Å². The molecule has 5 rings (SSSR count). The number of carbonyl (C=O) groups is 1. The third kappa shape index (κ3) is 5.47. The van der Waals surface area contributed by atoms with Gasteiger partial charge >= 0.3 is 0 Å². The number of nitrogens with one attached hydrogen (secondary N) is 1. The molecule has 2 aromatic heterocycles. The Morgan fingerprint density at radius 1 is 1.13 bits per heavy atom. The van der Waals surface area contributed by atoms with E-state index in [1.165, 1.54) is 10.6 Å². The maximum Gasteiger partial charge on any atom is 0.275 e. The summed E-state index contributed by atoms with van der Waals surface area (Å²) in [4.78, 5) is 29.3. The molecular weight excluding hydrogens is 508 g/mol. The third-order valence-corrected chi connectivity index (χ3v) is 9.26. The van der Waals surface area contributed by atoms with Crippen LogP contribution in [0.25, 0.3) is 0 Å². The Balaban J connectivity index is 1.25. The average molecular weight is 543 g/mol. The van der Waals surface area contributed by atoms with Crippen molar-refractivity contribution in [1.82, 2.24) is 29.1 Å². The summed E-state index contributed by atoms with van der Waals surface area (Å²) in [5.74, 6) is 1.50. The van der Waals surface area contributed by atoms with Crippen molar-refractivity contribution in [3.05, 3.63) is 58.8 Å². The predicted molar refractivity (Wildman–Crippen MR) is 139 cm³/mol. The van der Waals surface area contributed by atoms with E-state index in [0.29, 0.717) is 30.0 Å². The average Bonchev–Trinajstić information content (AvgIpc) is 3.46. The van der Waals surface area contributed by atoms with Crippen LogP contribution in [0.5, 0.6) is 5.75 Å². The normalized spacial score (nSPS) is 16.8. The lowest BCUT2D eigenvalue weighted by Gasteiger charge is -2.33. The second-order valence-electron chi connectivity index (χ2n) is 10.0. The Morgan fingerprint density at radius 3 is 2.39 bits per heavy atom. The molecule has 11 nitrogen and oxygen atoms in total. The van der Waals surface area contributed by atoms with Crippen molar-refractivity contribution in [3.8, 4) is 5.75 Å². The van der Waals surface area contributed by atoms with Gasteiger partial charge in [-0.25, -0.2) is 18.4 Å². The van der Waals surface area contributed by atoms with E-state index in [9.17, 15) is 13.2 Å². The first-order chi connectivity index (χ1) is 18.2. The molecule has 12 heteroatoms. The van der Waals surface area contributed by atoms with Crippen LogP contribution < -0.4 is 4.74 Å². The van der Waals surface area contributed by atoms with Crippen molar-refractivity contribution in [1.29, 1.82) is 0 Å². The monoisotopic (exact) mass is 542 g/mol. The lowest BCUT2D eigenvalue weighted by Crippen LogP contribution is -2.48. The zero-order valence-electron chi connectivity index (χ0n) is 22.2. The van der Waals surface area contributed by atoms with Gasteiger partial charge in [-0.15, -0.1) is 0 Å². The summed E-state index contributed by atoms with van der Waals surface area (Å²) in [6, 6.07) is 3.34. The van der Waals surface area contributed by atoms with Crippen molar-refractivity contribution in [3.63, 3.8) is 0 Å². The van der Waals surface area contributed by atoms with Gasteiger partial charge in [0.1, 0.15) is 17.8 Å². The van der Waals surface area contributed by atoms with Crippen LogP contribution >= 0.6 is 0 Å². The molecule has 1 aliphatic carbocycles. The zero-order chi connectivity index (χ0) is 27.0. The van der Waals surface area contributed by atoms with E-state index >= 15 is 0 Å². The molecule has 1 aromatic carbocycles. The molecule has 0 unspecified atom stereocenters. The molecule has 1 aliphatic heterocycles. The number of sulfonamides is 1. The minimum absolute atomic E-state index is 0.0257. The molecule has 0 bridgehead atoms. The lowest BCUT2D eigenvalue weighted by atomic mass is 10.1. The lowest BCUT2D eigenvalue weighted by molar-refractivity contribution is 0.0621. The highest BCUT2D eigenvalue weighted by Gasteiger charge is 2.40. The fourth-order valence-corrected chi connectivity index (χ4v) is 7.04. The van der Waals surface area contributed by atoms with E-state index in [0.717, 1.165) is 44.0 Å². The van der Waals surface area contributed by atoms with Crippen molar-refractivity contribution in [2.75, 3.05) is 33.3 Å². The van der Waals surface area contributed by atoms with Crippen LogP contribution in [0.1, 0.15) is 51.9 Å². The maximum atomic E-state index is 13.7. The SMILES string of the molecule is COc1cc(C)c(S(=O)(=O)N(Cc2nc(C(=O)N3CCN(Cc4c[nH]c(C)n4)CC3)co2)C2CC2)c(C)c1. The van der Waals surface area contributed by atoms with E-state index in [1.54, 1.807) is 38.0 Å². The highest BCUT2D eigenvalue weighted by atomic mass is 32.2. The van der Waals surface area contributed by atoms with Gasteiger partial charge in [-0.2, -0.15) is 4.31 Å². The quantitative estimate of drug-likeness (QED) is 0.438. The van der Waals surface area contributed by atoms with Gasteiger partial charge in [0.15, 0.2) is 5.69 Å². The number of ether oxygens (including phenoxy) is 1. The molecule has 1 saturated carbocycles. The molecular formula is C26H34N6O5S. The molecule has 0 atom stereocenters. The van der Waals surface area contributed by atoms with Gasteiger partial charge in [0, 0.05) is 45.0 Å². The topological polar surface area (TPSA) is 125 Å². The number of oxazole rings is 1. The molecule has 38 heavy (non-hydrogen) atoms. The number of aromatic amines is 1. The van der Waals surface area contributed by atoms with Gasteiger partial charge in [-0.1, -0.05) is 0 Å². The fourth-order valence-electron chi connectivity index (χ4n) is 4.99. The Hall–Kier alpha value is -3.22. The summed E-state index contributed by atoms with van der Waals surface area (Å²) in [7, 11) is -2.26. The Morgan fingerprint density at radius 2 is 1.82 bits per heavy atom. The van der Waals surface area contributed by atoms with E-state index in [4.69, 9.17) is 9.15 Å². The van der Waals surface area contributed by atoms with Gasteiger partial charge < -0.3 is 19.0 Å². The molecule has 1 N–H and O–H groups in total. The summed E-state index contributed by atoms with van der Waals surface area (Å²) < 4.78 is 39.8. The number of aromatic nitrogens is 3. The number of hydrogen-bond acceptors (Lipinski definition) is 8. The third-order valence-electron chi connectivity index (χ3n) is 7.06. The minimum Gasteiger partial charge on any atom is -0.497 e. The smallest absolute Gasteiger partial charge is 0.275 e. The van der Waals surface area contributed by atoms with Crippen molar-refractivity contribution < 1.29 is 22.4 Å². The van der Waals surface area contributed by atoms with Gasteiger partial charge in [0.05, 0.1) is 24.2 Å². The maximum absolute atomic E-state index is 13.7. The van der Waals surface area contributed by atoms with E-state index in [2.05, 4.69) is 19.9 Å². The summed E-state index contributed by atoms with van der Waals surface area (Å²) >= 11 is 0. The van der Waals surface area contributed by atoms with E-state index < -0.39 is 10.0 Å². The molecule has 204 valence electrons. The molecule has 3 aromatic rings. The number of imidazole rings is 1. The summed E-state index contributed by atoms with van der Waals surface area (Å²) in [6.07, 6.45) is 4.80. The number of aryl methyl sites for hydroxylation is 3. The fraction of sp³-hybridized carbons (Fsp3) is 0.500. The van der Waals surface area contributed by atoms with Crippen LogP contribution in [0, 0.1) is 20.8 Å². The van der Waals surface area contributed by atoms with Crippen LogP contribution in [0.15, 0.2) is 33.9 Å². The first kappa shape index (κ1) is 26.4. The van der Waals surface area contributed by atoms with Gasteiger partial charge in [0.25, 0.3) is 5.91 Å². The van der Waals surface area contributed by atoms with Crippen LogP contribution in [0.3, 0.4) is 0 Å². The number of amides is 1. The first-order valence-corrected chi connectivity index (χ1v) is 14.2. The highest BCUT2D eigenvalue weighted by molar-refractivity contribution is 7.89. The summed E-state index contributed by atoms with van der Waals surface area (Å²) in [6.45, 7) is 8.78. The van der Waals surface area contributed by atoms with Crippen molar-refractivity contribution in [2.45, 2.75) is 57.6 Å². The summed E-state index contributed by atoms with van der Waals surface area (Å²) in [5, 5.41) is 0. The molecule has 1 amide bonds. The summed E-state index contributed by atoms with van der Waals surface area (Å²) in [5.41, 5.74) is 2.43. The van der Waals surface area contributed by atoms with Crippen LogP contribution in [-0.4, -0.2) is 82.7 Å². The Bertz CT molecular complexity index is 1400. The molecule has 2 aliphatic rings. The van der Waals surface area contributed by atoms with E-state index in [-0.39, 0.29) is 35.0 Å². The number of methoxy groups -OCH3 is 1.